The van der Waals surface area contributed by atoms with Crippen molar-refractivity contribution >= 4 is 28.2 Å². The van der Waals surface area contributed by atoms with Gasteiger partial charge in [0, 0.05) is 41.7 Å². The molecule has 1 aromatic heterocycles. The highest BCUT2D eigenvalue weighted by Gasteiger charge is 2.42. The fraction of sp³-hybridized carbons (Fsp3) is 0.412. The van der Waals surface area contributed by atoms with E-state index in [-0.39, 0.29) is 5.41 Å². The number of hydrogen-bond donors (Lipinski definition) is 0. The number of fused-ring (bicyclic) bond motifs is 1. The number of anilines is 1. The highest BCUT2D eigenvalue weighted by atomic mass is 35.5. The molecule has 4 rings (SSSR count). The molecule has 2 saturated heterocycles. The third-order valence-corrected chi connectivity index (χ3v) is 5.10. The molecule has 0 N–H and O–H groups in total. The van der Waals surface area contributed by atoms with Gasteiger partial charge in [0.1, 0.15) is 6.07 Å². The predicted octanol–water partition coefficient (Wildman–Crippen LogP) is 3.38. The van der Waals surface area contributed by atoms with Crippen molar-refractivity contribution in [2.45, 2.75) is 12.8 Å². The van der Waals surface area contributed by atoms with E-state index in [4.69, 9.17) is 16.3 Å². The maximum Gasteiger partial charge on any atom is 0.103 e. The van der Waals surface area contributed by atoms with Crippen LogP contribution in [0.15, 0.2) is 24.4 Å². The van der Waals surface area contributed by atoms with Crippen LogP contribution >= 0.6 is 11.6 Å². The van der Waals surface area contributed by atoms with E-state index in [0.29, 0.717) is 10.6 Å². The number of ether oxygens (including phenoxy) is 1. The fourth-order valence-corrected chi connectivity index (χ4v) is 3.84. The van der Waals surface area contributed by atoms with Crippen LogP contribution in [0.1, 0.15) is 18.4 Å². The summed E-state index contributed by atoms with van der Waals surface area (Å²) in [5, 5.41) is 11.1. The molecule has 1 aromatic carbocycles. The number of hydrogen-bond acceptors (Lipinski definition) is 4. The van der Waals surface area contributed by atoms with Gasteiger partial charge in [-0.05, 0) is 31.0 Å². The zero-order valence-electron chi connectivity index (χ0n) is 12.2. The first-order chi connectivity index (χ1) is 10.7. The summed E-state index contributed by atoms with van der Waals surface area (Å²) in [5.74, 6) is 0. The molecule has 0 saturated carbocycles. The quantitative estimate of drug-likeness (QED) is 0.810. The van der Waals surface area contributed by atoms with Crippen LogP contribution in [0.25, 0.3) is 10.9 Å². The van der Waals surface area contributed by atoms with E-state index in [9.17, 15) is 5.26 Å². The Hall–Kier alpha value is -1.83. The van der Waals surface area contributed by atoms with Gasteiger partial charge in [-0.1, -0.05) is 11.6 Å². The number of rotatable bonds is 1. The topological polar surface area (TPSA) is 49.2 Å². The summed E-state index contributed by atoms with van der Waals surface area (Å²) in [5.41, 5.74) is 2.72. The summed E-state index contributed by atoms with van der Waals surface area (Å²) in [4.78, 5) is 6.69. The van der Waals surface area contributed by atoms with E-state index < -0.39 is 0 Å². The van der Waals surface area contributed by atoms with Crippen molar-refractivity contribution in [3.8, 4) is 6.07 Å². The van der Waals surface area contributed by atoms with Crippen LogP contribution in [0.4, 0.5) is 5.69 Å². The maximum absolute atomic E-state index is 9.49. The zero-order chi connectivity index (χ0) is 15.2. The Bertz CT molecular complexity index is 777. The van der Waals surface area contributed by atoms with Gasteiger partial charge in [-0.25, -0.2) is 0 Å². The van der Waals surface area contributed by atoms with Crippen molar-refractivity contribution in [2.75, 3.05) is 31.2 Å². The first-order valence-corrected chi connectivity index (χ1v) is 7.90. The second kappa shape index (κ2) is 5.12. The molecular weight excluding hydrogens is 298 g/mol. The molecule has 0 bridgehead atoms. The molecule has 1 atom stereocenters. The highest BCUT2D eigenvalue weighted by Crippen LogP contribution is 2.42. The van der Waals surface area contributed by atoms with Crippen LogP contribution in [0.3, 0.4) is 0 Å². The SMILES string of the molecule is N#Cc1cnc2ccc(Cl)cc2c1N1CCC2(CCOC2)C1. The normalized spacial score (nSPS) is 24.3. The predicted molar refractivity (Wildman–Crippen MR) is 86.2 cm³/mol. The van der Waals surface area contributed by atoms with E-state index in [2.05, 4.69) is 16.0 Å². The van der Waals surface area contributed by atoms with Gasteiger partial charge in [0.15, 0.2) is 0 Å². The van der Waals surface area contributed by atoms with Gasteiger partial charge < -0.3 is 9.64 Å². The summed E-state index contributed by atoms with van der Waals surface area (Å²) in [6.07, 6.45) is 3.89. The van der Waals surface area contributed by atoms with E-state index in [0.717, 1.165) is 55.7 Å². The Labute approximate surface area is 134 Å². The molecule has 22 heavy (non-hydrogen) atoms. The van der Waals surface area contributed by atoms with Gasteiger partial charge >= 0.3 is 0 Å². The zero-order valence-corrected chi connectivity index (χ0v) is 12.9. The molecule has 5 heteroatoms. The molecule has 0 amide bonds. The van der Waals surface area contributed by atoms with Gasteiger partial charge in [0.05, 0.1) is 23.4 Å². The van der Waals surface area contributed by atoms with Gasteiger partial charge in [0.2, 0.25) is 0 Å². The van der Waals surface area contributed by atoms with E-state index >= 15 is 0 Å². The Morgan fingerprint density at radius 2 is 2.27 bits per heavy atom. The lowest BCUT2D eigenvalue weighted by atomic mass is 9.87. The number of nitriles is 1. The second-order valence-electron chi connectivity index (χ2n) is 6.27. The summed E-state index contributed by atoms with van der Waals surface area (Å²) < 4.78 is 5.60. The number of nitrogens with zero attached hydrogens (tertiary/aromatic N) is 3. The van der Waals surface area contributed by atoms with Crippen LogP contribution in [0.5, 0.6) is 0 Å². The number of halogens is 1. The minimum Gasteiger partial charge on any atom is -0.381 e. The average molecular weight is 314 g/mol. The Morgan fingerprint density at radius 1 is 1.36 bits per heavy atom. The summed E-state index contributed by atoms with van der Waals surface area (Å²) >= 11 is 6.16. The first-order valence-electron chi connectivity index (χ1n) is 7.52. The number of aromatic nitrogens is 1. The third-order valence-electron chi connectivity index (χ3n) is 4.86. The van der Waals surface area contributed by atoms with Crippen molar-refractivity contribution in [2.24, 2.45) is 5.41 Å². The lowest BCUT2D eigenvalue weighted by Crippen LogP contribution is -2.28. The van der Waals surface area contributed by atoms with Crippen molar-refractivity contribution in [3.05, 3.63) is 35.0 Å². The molecule has 1 unspecified atom stereocenters. The lowest BCUT2D eigenvalue weighted by molar-refractivity contribution is 0.160. The molecule has 3 heterocycles. The van der Waals surface area contributed by atoms with Gasteiger partial charge in [-0.3, -0.25) is 4.98 Å². The molecule has 2 aliphatic heterocycles. The Balaban J connectivity index is 1.83. The van der Waals surface area contributed by atoms with Crippen molar-refractivity contribution in [1.29, 1.82) is 5.26 Å². The Kier molecular flexibility index (Phi) is 3.21. The molecule has 2 aliphatic rings. The molecule has 0 radical (unpaired) electrons. The smallest absolute Gasteiger partial charge is 0.103 e. The van der Waals surface area contributed by atoms with Crippen LogP contribution in [-0.2, 0) is 4.74 Å². The average Bonchev–Trinajstić information content (AvgIpc) is 3.16. The van der Waals surface area contributed by atoms with Crippen LogP contribution < -0.4 is 4.90 Å². The second-order valence-corrected chi connectivity index (χ2v) is 6.70. The van der Waals surface area contributed by atoms with Crippen molar-refractivity contribution in [3.63, 3.8) is 0 Å². The lowest BCUT2D eigenvalue weighted by Gasteiger charge is -2.25. The van der Waals surface area contributed by atoms with E-state index in [1.807, 2.05) is 18.2 Å². The fourth-order valence-electron chi connectivity index (χ4n) is 3.67. The van der Waals surface area contributed by atoms with Crippen LogP contribution in [-0.4, -0.2) is 31.3 Å². The number of pyridine rings is 1. The van der Waals surface area contributed by atoms with Gasteiger partial charge in [0.25, 0.3) is 0 Å². The largest absolute Gasteiger partial charge is 0.381 e. The molecular formula is C17H16ClN3O. The maximum atomic E-state index is 9.49. The van der Waals surface area contributed by atoms with Crippen molar-refractivity contribution in [1.82, 2.24) is 4.98 Å². The van der Waals surface area contributed by atoms with Crippen LogP contribution in [0, 0.1) is 16.7 Å². The number of benzene rings is 1. The molecule has 1 spiro atoms. The molecule has 0 aliphatic carbocycles. The minimum absolute atomic E-state index is 0.251. The standard InChI is InChI=1S/C17H16ClN3O/c18-13-1-2-15-14(7-13)16(12(8-19)9-20-15)21-5-3-17(10-21)4-6-22-11-17/h1-2,7,9H,3-6,10-11H2. The third kappa shape index (κ3) is 2.13. The first kappa shape index (κ1) is 13.8. The minimum atomic E-state index is 0.251. The molecule has 2 fully saturated rings. The van der Waals surface area contributed by atoms with Crippen LogP contribution in [0.2, 0.25) is 5.02 Å². The summed E-state index contributed by atoms with van der Waals surface area (Å²) in [6, 6.07) is 7.94. The van der Waals surface area contributed by atoms with Crippen molar-refractivity contribution < 1.29 is 4.74 Å². The van der Waals surface area contributed by atoms with E-state index in [1.54, 1.807) is 6.20 Å². The highest BCUT2D eigenvalue weighted by molar-refractivity contribution is 6.31. The van der Waals surface area contributed by atoms with Gasteiger partial charge in [-0.15, -0.1) is 0 Å². The van der Waals surface area contributed by atoms with Gasteiger partial charge in [-0.2, -0.15) is 5.26 Å². The molecule has 4 nitrogen and oxygen atoms in total. The Morgan fingerprint density at radius 3 is 3.05 bits per heavy atom. The summed E-state index contributed by atoms with van der Waals surface area (Å²) in [6.45, 7) is 3.56. The monoisotopic (exact) mass is 313 g/mol. The van der Waals surface area contributed by atoms with E-state index in [1.165, 1.54) is 0 Å². The molecule has 2 aromatic rings. The summed E-state index contributed by atoms with van der Waals surface area (Å²) in [7, 11) is 0. The molecule has 112 valence electrons.